The van der Waals surface area contributed by atoms with Crippen molar-refractivity contribution in [2.75, 3.05) is 29.9 Å². The SMILES string of the molecule is CCCC(C)(C)CN(CC(C)(C)C)c1ccnc2c1CCN2. The molecule has 0 amide bonds. The molecule has 0 spiro atoms. The van der Waals surface area contributed by atoms with E-state index >= 15 is 0 Å². The lowest BCUT2D eigenvalue weighted by atomic mass is 9.86. The standard InChI is InChI=1S/C19H33N3/c1-7-10-19(5,6)14-22(13-18(2,3)4)16-9-12-21-17-15(16)8-11-20-17/h9,12H,7-8,10-11,13-14H2,1-6H3,(H,20,21). The second-order valence-electron chi connectivity index (χ2n) is 8.66. The maximum absolute atomic E-state index is 4.49. The topological polar surface area (TPSA) is 28.2 Å². The van der Waals surface area contributed by atoms with Crippen LogP contribution in [0.2, 0.25) is 0 Å². The van der Waals surface area contributed by atoms with Gasteiger partial charge >= 0.3 is 0 Å². The third-order valence-corrected chi connectivity index (χ3v) is 4.25. The molecular weight excluding hydrogens is 270 g/mol. The normalized spacial score (nSPS) is 14.6. The Labute approximate surface area is 136 Å². The first kappa shape index (κ1) is 17.1. The molecule has 1 aliphatic rings. The molecule has 0 fully saturated rings. The highest BCUT2D eigenvalue weighted by Gasteiger charge is 2.27. The number of fused-ring (bicyclic) bond motifs is 1. The molecule has 0 radical (unpaired) electrons. The Morgan fingerprint density at radius 1 is 1.18 bits per heavy atom. The molecule has 2 rings (SSSR count). The monoisotopic (exact) mass is 303 g/mol. The van der Waals surface area contributed by atoms with E-state index in [2.05, 4.69) is 62.8 Å². The van der Waals surface area contributed by atoms with Gasteiger partial charge in [0, 0.05) is 37.1 Å². The number of pyridine rings is 1. The minimum atomic E-state index is 0.282. The van der Waals surface area contributed by atoms with E-state index in [4.69, 9.17) is 0 Å². The second kappa shape index (κ2) is 6.47. The molecule has 3 nitrogen and oxygen atoms in total. The first-order chi connectivity index (χ1) is 10.2. The maximum Gasteiger partial charge on any atom is 0.131 e. The minimum Gasteiger partial charge on any atom is -0.370 e. The van der Waals surface area contributed by atoms with Gasteiger partial charge in [0.15, 0.2) is 0 Å². The smallest absolute Gasteiger partial charge is 0.131 e. The van der Waals surface area contributed by atoms with Crippen LogP contribution in [0.4, 0.5) is 11.5 Å². The molecule has 0 saturated carbocycles. The molecule has 1 aliphatic heterocycles. The third kappa shape index (κ3) is 4.37. The number of rotatable bonds is 6. The van der Waals surface area contributed by atoms with E-state index < -0.39 is 0 Å². The van der Waals surface area contributed by atoms with Crippen molar-refractivity contribution in [3.05, 3.63) is 17.8 Å². The van der Waals surface area contributed by atoms with Crippen molar-refractivity contribution < 1.29 is 0 Å². The van der Waals surface area contributed by atoms with Crippen molar-refractivity contribution in [2.45, 2.75) is 60.8 Å². The van der Waals surface area contributed by atoms with Crippen molar-refractivity contribution in [2.24, 2.45) is 10.8 Å². The highest BCUT2D eigenvalue weighted by atomic mass is 15.2. The van der Waals surface area contributed by atoms with Crippen molar-refractivity contribution >= 4 is 11.5 Å². The minimum absolute atomic E-state index is 0.282. The van der Waals surface area contributed by atoms with Crippen LogP contribution < -0.4 is 10.2 Å². The molecule has 0 bridgehead atoms. The average molecular weight is 303 g/mol. The lowest BCUT2D eigenvalue weighted by Crippen LogP contribution is -2.40. The van der Waals surface area contributed by atoms with Crippen molar-refractivity contribution in [3.8, 4) is 0 Å². The second-order valence-corrected chi connectivity index (χ2v) is 8.66. The van der Waals surface area contributed by atoms with E-state index in [0.29, 0.717) is 5.41 Å². The Morgan fingerprint density at radius 3 is 2.55 bits per heavy atom. The van der Waals surface area contributed by atoms with Crippen LogP contribution in [0.1, 0.15) is 59.9 Å². The first-order valence-electron chi connectivity index (χ1n) is 8.68. The fraction of sp³-hybridized carbons (Fsp3) is 0.737. The van der Waals surface area contributed by atoms with Gasteiger partial charge in [0.1, 0.15) is 5.82 Å². The molecule has 1 aromatic heterocycles. The fourth-order valence-electron chi connectivity index (χ4n) is 3.55. The molecule has 124 valence electrons. The van der Waals surface area contributed by atoms with Gasteiger partial charge in [-0.1, -0.05) is 48.0 Å². The zero-order valence-electron chi connectivity index (χ0n) is 15.3. The van der Waals surface area contributed by atoms with Gasteiger partial charge in [-0.15, -0.1) is 0 Å². The summed E-state index contributed by atoms with van der Waals surface area (Å²) in [5, 5.41) is 3.41. The van der Waals surface area contributed by atoms with Crippen LogP contribution in [0.3, 0.4) is 0 Å². The number of hydrogen-bond acceptors (Lipinski definition) is 3. The van der Waals surface area contributed by atoms with Crippen molar-refractivity contribution in [1.82, 2.24) is 4.98 Å². The van der Waals surface area contributed by atoms with Crippen LogP contribution in [0.15, 0.2) is 12.3 Å². The summed E-state index contributed by atoms with van der Waals surface area (Å²) in [6, 6.07) is 2.21. The molecule has 3 heteroatoms. The van der Waals surface area contributed by atoms with Crippen molar-refractivity contribution in [3.63, 3.8) is 0 Å². The number of hydrogen-bond donors (Lipinski definition) is 1. The fourth-order valence-corrected chi connectivity index (χ4v) is 3.55. The summed E-state index contributed by atoms with van der Waals surface area (Å²) >= 11 is 0. The summed E-state index contributed by atoms with van der Waals surface area (Å²) in [6.07, 6.45) is 5.55. The number of nitrogens with zero attached hydrogens (tertiary/aromatic N) is 2. The molecule has 0 aliphatic carbocycles. The Bertz CT molecular complexity index is 500. The third-order valence-electron chi connectivity index (χ3n) is 4.25. The van der Waals surface area contributed by atoms with Gasteiger partial charge in [0.2, 0.25) is 0 Å². The Morgan fingerprint density at radius 2 is 1.91 bits per heavy atom. The molecule has 0 aromatic carbocycles. The highest BCUT2D eigenvalue weighted by Crippen LogP contribution is 2.35. The number of anilines is 2. The predicted octanol–water partition coefficient (Wildman–Crippen LogP) is 4.73. The van der Waals surface area contributed by atoms with Crippen LogP contribution in [-0.4, -0.2) is 24.6 Å². The molecular formula is C19H33N3. The van der Waals surface area contributed by atoms with E-state index in [1.807, 2.05) is 6.20 Å². The largest absolute Gasteiger partial charge is 0.370 e. The van der Waals surface area contributed by atoms with E-state index in [-0.39, 0.29) is 5.41 Å². The van der Waals surface area contributed by atoms with Gasteiger partial charge in [-0.05, 0) is 29.7 Å². The molecule has 0 saturated heterocycles. The summed E-state index contributed by atoms with van der Waals surface area (Å²) in [4.78, 5) is 7.09. The quantitative estimate of drug-likeness (QED) is 0.823. The van der Waals surface area contributed by atoms with E-state index in [1.54, 1.807) is 0 Å². The molecule has 1 N–H and O–H groups in total. The maximum atomic E-state index is 4.49. The molecule has 22 heavy (non-hydrogen) atoms. The summed E-state index contributed by atoms with van der Waals surface area (Å²) in [5.41, 5.74) is 3.40. The summed E-state index contributed by atoms with van der Waals surface area (Å²) in [6.45, 7) is 17.2. The highest BCUT2D eigenvalue weighted by molar-refractivity contribution is 5.66. The Kier molecular flexibility index (Phi) is 5.03. The van der Waals surface area contributed by atoms with Gasteiger partial charge < -0.3 is 10.2 Å². The van der Waals surface area contributed by atoms with Crippen molar-refractivity contribution in [1.29, 1.82) is 0 Å². The van der Waals surface area contributed by atoms with E-state index in [1.165, 1.54) is 24.1 Å². The van der Waals surface area contributed by atoms with Gasteiger partial charge in [-0.25, -0.2) is 4.98 Å². The summed E-state index contributed by atoms with van der Waals surface area (Å²) in [7, 11) is 0. The van der Waals surface area contributed by atoms with Crippen LogP contribution >= 0.6 is 0 Å². The van der Waals surface area contributed by atoms with Crippen LogP contribution in [-0.2, 0) is 6.42 Å². The lowest BCUT2D eigenvalue weighted by Gasteiger charge is -2.38. The zero-order valence-corrected chi connectivity index (χ0v) is 15.3. The van der Waals surface area contributed by atoms with Crippen LogP contribution in [0.5, 0.6) is 0 Å². The van der Waals surface area contributed by atoms with Gasteiger partial charge in [0.05, 0.1) is 0 Å². The van der Waals surface area contributed by atoms with Gasteiger partial charge in [0.25, 0.3) is 0 Å². The molecule has 1 aromatic rings. The Hall–Kier alpha value is -1.25. The van der Waals surface area contributed by atoms with Gasteiger partial charge in [-0.2, -0.15) is 0 Å². The van der Waals surface area contributed by atoms with E-state index in [9.17, 15) is 0 Å². The first-order valence-corrected chi connectivity index (χ1v) is 8.68. The van der Waals surface area contributed by atoms with Crippen LogP contribution in [0.25, 0.3) is 0 Å². The zero-order chi connectivity index (χ0) is 16.4. The summed E-state index contributed by atoms with van der Waals surface area (Å²) in [5.74, 6) is 1.09. The molecule has 2 heterocycles. The van der Waals surface area contributed by atoms with E-state index in [0.717, 1.165) is 31.9 Å². The molecule has 0 atom stereocenters. The Balaban J connectivity index is 2.31. The molecule has 0 unspecified atom stereocenters. The number of aromatic nitrogens is 1. The summed E-state index contributed by atoms with van der Waals surface area (Å²) < 4.78 is 0. The number of nitrogens with one attached hydrogen (secondary N) is 1. The predicted molar refractivity (Wildman–Crippen MR) is 96.8 cm³/mol. The van der Waals surface area contributed by atoms with Crippen LogP contribution in [0, 0.1) is 10.8 Å². The average Bonchev–Trinajstić information content (AvgIpc) is 2.83. The lowest BCUT2D eigenvalue weighted by molar-refractivity contribution is 0.311. The van der Waals surface area contributed by atoms with Gasteiger partial charge in [-0.3, -0.25) is 0 Å².